The lowest BCUT2D eigenvalue weighted by Crippen LogP contribution is -2.22. The Morgan fingerprint density at radius 3 is 2.53 bits per heavy atom. The Morgan fingerprint density at radius 2 is 2.00 bits per heavy atom. The summed E-state index contributed by atoms with van der Waals surface area (Å²) in [7, 11) is 1.58. The largest absolute Gasteiger partial charge is 0.496 e. The fourth-order valence-corrected chi connectivity index (χ4v) is 2.34. The predicted octanol–water partition coefficient (Wildman–Crippen LogP) is 0.435. The van der Waals surface area contributed by atoms with Crippen LogP contribution in [0.4, 0.5) is 0 Å². The van der Waals surface area contributed by atoms with Crippen molar-refractivity contribution >= 4 is 5.78 Å². The molecule has 1 aliphatic rings. The van der Waals surface area contributed by atoms with Crippen molar-refractivity contribution in [1.82, 2.24) is 4.90 Å². The zero-order valence-corrected chi connectivity index (χ0v) is 11.2. The molecule has 5 nitrogen and oxygen atoms in total. The van der Waals surface area contributed by atoms with E-state index >= 15 is 0 Å². The fraction of sp³-hybridized carbons (Fsp3) is 0.500. The van der Waals surface area contributed by atoms with E-state index in [2.05, 4.69) is 0 Å². The summed E-state index contributed by atoms with van der Waals surface area (Å²) in [5.74, 6) is 0.714. The number of nitrogens with zero attached hydrogens (tertiary/aromatic N) is 1. The maximum absolute atomic E-state index is 11.4. The highest BCUT2D eigenvalue weighted by atomic mass is 16.5. The van der Waals surface area contributed by atoms with E-state index in [1.54, 1.807) is 25.3 Å². The number of aliphatic hydroxyl groups excluding tert-OH is 2. The lowest BCUT2D eigenvalue weighted by Gasteiger charge is -2.17. The summed E-state index contributed by atoms with van der Waals surface area (Å²) in [5, 5.41) is 19.1. The molecule has 1 aromatic rings. The summed E-state index contributed by atoms with van der Waals surface area (Å²) in [6, 6.07) is 5.31. The van der Waals surface area contributed by atoms with Crippen molar-refractivity contribution in [2.45, 2.75) is 25.7 Å². The van der Waals surface area contributed by atoms with Crippen LogP contribution in [-0.4, -0.2) is 53.3 Å². The number of aliphatic hydroxyl groups is 2. The minimum Gasteiger partial charge on any atom is -0.496 e. The average molecular weight is 265 g/mol. The number of β-amino-alcohol motifs (C(OH)–C–C–N with tert-alkyl or cyclic N) is 2. The van der Waals surface area contributed by atoms with E-state index in [4.69, 9.17) is 4.74 Å². The van der Waals surface area contributed by atoms with Crippen LogP contribution >= 0.6 is 0 Å². The standard InChI is InChI=1S/C14H19NO4/c1-9(16)10-3-4-14(19-2)11(5-10)6-15-7-12(17)13(18)8-15/h3-5,12-13,17-18H,6-8H2,1-2H3. The van der Waals surface area contributed by atoms with Gasteiger partial charge in [0.05, 0.1) is 19.3 Å². The molecule has 0 aromatic heterocycles. The van der Waals surface area contributed by atoms with Crippen LogP contribution in [0.25, 0.3) is 0 Å². The van der Waals surface area contributed by atoms with Crippen LogP contribution in [0.3, 0.4) is 0 Å². The van der Waals surface area contributed by atoms with Gasteiger partial charge in [-0.15, -0.1) is 0 Å². The number of hydrogen-bond donors (Lipinski definition) is 2. The molecule has 1 fully saturated rings. The Labute approximate surface area is 112 Å². The number of Topliss-reactive ketones (excluding diaryl/α,β-unsaturated/α-hetero) is 1. The van der Waals surface area contributed by atoms with Gasteiger partial charge in [0.15, 0.2) is 5.78 Å². The highest BCUT2D eigenvalue weighted by Gasteiger charge is 2.29. The van der Waals surface area contributed by atoms with Crippen molar-refractivity contribution < 1.29 is 19.7 Å². The Hall–Kier alpha value is -1.43. The van der Waals surface area contributed by atoms with Crippen molar-refractivity contribution in [3.05, 3.63) is 29.3 Å². The first-order valence-electron chi connectivity index (χ1n) is 6.27. The number of likely N-dealkylation sites (tertiary alicyclic amines) is 1. The average Bonchev–Trinajstić information content (AvgIpc) is 2.68. The lowest BCUT2D eigenvalue weighted by atomic mass is 10.1. The molecule has 1 saturated heterocycles. The van der Waals surface area contributed by atoms with Crippen molar-refractivity contribution in [3.63, 3.8) is 0 Å². The van der Waals surface area contributed by atoms with Crippen molar-refractivity contribution in [1.29, 1.82) is 0 Å². The Bertz CT molecular complexity index is 465. The van der Waals surface area contributed by atoms with E-state index in [9.17, 15) is 15.0 Å². The summed E-state index contributed by atoms with van der Waals surface area (Å²) >= 11 is 0. The first kappa shape index (κ1) is 14.0. The van der Waals surface area contributed by atoms with Crippen LogP contribution in [0.2, 0.25) is 0 Å². The molecule has 1 heterocycles. The van der Waals surface area contributed by atoms with Crippen LogP contribution < -0.4 is 4.74 Å². The zero-order chi connectivity index (χ0) is 14.0. The third kappa shape index (κ3) is 3.12. The predicted molar refractivity (Wildman–Crippen MR) is 70.3 cm³/mol. The van der Waals surface area contributed by atoms with Crippen LogP contribution in [-0.2, 0) is 6.54 Å². The van der Waals surface area contributed by atoms with Gasteiger partial charge in [0, 0.05) is 30.8 Å². The molecule has 2 N–H and O–H groups in total. The second kappa shape index (κ2) is 5.69. The second-order valence-electron chi connectivity index (χ2n) is 4.91. The molecule has 0 amide bonds. The van der Waals surface area contributed by atoms with Gasteiger partial charge < -0.3 is 14.9 Å². The van der Waals surface area contributed by atoms with Gasteiger partial charge in [-0.2, -0.15) is 0 Å². The second-order valence-corrected chi connectivity index (χ2v) is 4.91. The quantitative estimate of drug-likeness (QED) is 0.773. The molecule has 5 heteroatoms. The van der Waals surface area contributed by atoms with Gasteiger partial charge in [-0.3, -0.25) is 9.69 Å². The van der Waals surface area contributed by atoms with Crippen LogP contribution in [0.15, 0.2) is 18.2 Å². The van der Waals surface area contributed by atoms with Gasteiger partial charge in [0.2, 0.25) is 0 Å². The molecule has 0 bridgehead atoms. The molecule has 0 saturated carbocycles. The van der Waals surface area contributed by atoms with Gasteiger partial charge in [0.1, 0.15) is 5.75 Å². The van der Waals surface area contributed by atoms with Crippen molar-refractivity contribution in [2.24, 2.45) is 0 Å². The van der Waals surface area contributed by atoms with Gasteiger partial charge >= 0.3 is 0 Å². The number of ether oxygens (including phenoxy) is 1. The third-order valence-electron chi connectivity index (χ3n) is 3.42. The third-order valence-corrected chi connectivity index (χ3v) is 3.42. The van der Waals surface area contributed by atoms with E-state index < -0.39 is 12.2 Å². The summed E-state index contributed by atoms with van der Waals surface area (Å²) in [5.41, 5.74) is 1.52. The molecular weight excluding hydrogens is 246 g/mol. The van der Waals surface area contributed by atoms with E-state index in [-0.39, 0.29) is 5.78 Å². The number of ketones is 1. The van der Waals surface area contributed by atoms with Gasteiger partial charge in [-0.25, -0.2) is 0 Å². The van der Waals surface area contributed by atoms with E-state index in [1.165, 1.54) is 6.92 Å². The number of benzene rings is 1. The maximum atomic E-state index is 11.4. The summed E-state index contributed by atoms with van der Waals surface area (Å²) in [6.07, 6.45) is -1.41. The van der Waals surface area contributed by atoms with Gasteiger partial charge in [0.25, 0.3) is 0 Å². The highest BCUT2D eigenvalue weighted by Crippen LogP contribution is 2.23. The number of rotatable bonds is 4. The minimum absolute atomic E-state index is 0.00499. The minimum atomic E-state index is -0.706. The zero-order valence-electron chi connectivity index (χ0n) is 11.2. The SMILES string of the molecule is COc1ccc(C(C)=O)cc1CN1CC(O)C(O)C1. The molecular formula is C14H19NO4. The molecule has 2 rings (SSSR count). The van der Waals surface area contributed by atoms with Crippen molar-refractivity contribution in [3.8, 4) is 5.75 Å². The Morgan fingerprint density at radius 1 is 1.37 bits per heavy atom. The number of hydrogen-bond acceptors (Lipinski definition) is 5. The van der Waals surface area contributed by atoms with Crippen molar-refractivity contribution in [2.75, 3.05) is 20.2 Å². The molecule has 2 atom stereocenters. The monoisotopic (exact) mass is 265 g/mol. The Kier molecular flexibility index (Phi) is 4.19. The van der Waals surface area contributed by atoms with Crippen LogP contribution in [0, 0.1) is 0 Å². The van der Waals surface area contributed by atoms with Crippen LogP contribution in [0.5, 0.6) is 5.75 Å². The molecule has 0 aliphatic carbocycles. The summed E-state index contributed by atoms with van der Waals surface area (Å²) in [4.78, 5) is 13.3. The van der Waals surface area contributed by atoms with Gasteiger partial charge in [-0.05, 0) is 25.1 Å². The smallest absolute Gasteiger partial charge is 0.159 e. The molecule has 0 radical (unpaired) electrons. The molecule has 2 unspecified atom stereocenters. The molecule has 19 heavy (non-hydrogen) atoms. The number of carbonyl (C=O) groups excluding carboxylic acids is 1. The highest BCUT2D eigenvalue weighted by molar-refractivity contribution is 5.94. The maximum Gasteiger partial charge on any atom is 0.159 e. The topological polar surface area (TPSA) is 70.0 Å². The van der Waals surface area contributed by atoms with Gasteiger partial charge in [-0.1, -0.05) is 0 Å². The summed E-state index contributed by atoms with van der Waals surface area (Å²) in [6.45, 7) is 2.91. The lowest BCUT2D eigenvalue weighted by molar-refractivity contribution is 0.0572. The number of carbonyl (C=O) groups is 1. The summed E-state index contributed by atoms with van der Waals surface area (Å²) < 4.78 is 5.28. The fourth-order valence-electron chi connectivity index (χ4n) is 2.34. The normalized spacial score (nSPS) is 23.6. The van der Waals surface area contributed by atoms with E-state index in [1.807, 2.05) is 4.90 Å². The van der Waals surface area contributed by atoms with Crippen LogP contribution in [0.1, 0.15) is 22.8 Å². The molecule has 1 aromatic carbocycles. The van der Waals surface area contributed by atoms with E-state index in [0.29, 0.717) is 30.9 Å². The first-order valence-corrected chi connectivity index (χ1v) is 6.27. The number of methoxy groups -OCH3 is 1. The first-order chi connectivity index (χ1) is 9.01. The molecule has 0 spiro atoms. The Balaban J connectivity index is 2.18. The molecule has 104 valence electrons. The molecule has 1 aliphatic heterocycles. The van der Waals surface area contributed by atoms with E-state index in [0.717, 1.165) is 5.56 Å².